The van der Waals surface area contributed by atoms with Crippen LogP contribution in [0, 0.1) is 0 Å². The third-order valence-electron chi connectivity index (χ3n) is 3.46. The molecule has 2 N–H and O–H groups in total. The normalized spacial score (nSPS) is 23.5. The maximum Gasteiger partial charge on any atom is 0.410 e. The minimum absolute atomic E-state index is 0.00907. The van der Waals surface area contributed by atoms with Gasteiger partial charge in [0.25, 0.3) is 0 Å². The average Bonchev–Trinajstić information content (AvgIpc) is 2.37. The van der Waals surface area contributed by atoms with Gasteiger partial charge in [-0.2, -0.15) is 0 Å². The van der Waals surface area contributed by atoms with Crippen molar-refractivity contribution in [1.82, 2.24) is 4.90 Å². The topological polar surface area (TPSA) is 55.6 Å². The van der Waals surface area contributed by atoms with Crippen LogP contribution in [-0.4, -0.2) is 29.2 Å². The Kier molecular flexibility index (Phi) is 4.33. The molecular formula is C16H24N2O2. The Morgan fingerprint density at radius 3 is 2.55 bits per heavy atom. The van der Waals surface area contributed by atoms with E-state index in [2.05, 4.69) is 0 Å². The van der Waals surface area contributed by atoms with Crippen molar-refractivity contribution in [2.75, 3.05) is 6.54 Å². The van der Waals surface area contributed by atoms with Crippen molar-refractivity contribution in [2.45, 2.75) is 51.3 Å². The summed E-state index contributed by atoms with van der Waals surface area (Å²) in [4.78, 5) is 14.2. The number of carbonyl (C=O) groups is 1. The van der Waals surface area contributed by atoms with Gasteiger partial charge in [-0.3, -0.25) is 0 Å². The highest BCUT2D eigenvalue weighted by Gasteiger charge is 2.33. The molecule has 2 atom stereocenters. The van der Waals surface area contributed by atoms with Gasteiger partial charge in [-0.1, -0.05) is 30.3 Å². The monoisotopic (exact) mass is 276 g/mol. The van der Waals surface area contributed by atoms with Gasteiger partial charge >= 0.3 is 6.09 Å². The SMILES string of the molecule is CC(C)(C)OC(=O)N1CC[C@@H](N)C[C@@H]1c1ccccc1. The van der Waals surface area contributed by atoms with Crippen LogP contribution in [0.1, 0.15) is 45.2 Å². The summed E-state index contributed by atoms with van der Waals surface area (Å²) in [5, 5.41) is 0. The van der Waals surface area contributed by atoms with Gasteiger partial charge in [0, 0.05) is 12.6 Å². The van der Waals surface area contributed by atoms with Crippen molar-refractivity contribution in [2.24, 2.45) is 5.73 Å². The number of nitrogens with zero attached hydrogens (tertiary/aromatic N) is 1. The fraction of sp³-hybridized carbons (Fsp3) is 0.562. The van der Waals surface area contributed by atoms with Gasteiger partial charge in [0.15, 0.2) is 0 Å². The minimum atomic E-state index is -0.474. The molecule has 1 aliphatic rings. The van der Waals surface area contributed by atoms with Crippen molar-refractivity contribution < 1.29 is 9.53 Å². The predicted octanol–water partition coefficient (Wildman–Crippen LogP) is 3.09. The van der Waals surface area contributed by atoms with Gasteiger partial charge in [-0.25, -0.2) is 4.79 Å². The molecule has 1 saturated heterocycles. The molecule has 1 aromatic rings. The molecule has 1 aromatic carbocycles. The predicted molar refractivity (Wildman–Crippen MR) is 79.3 cm³/mol. The molecule has 0 aromatic heterocycles. The standard InChI is InChI=1S/C16H24N2O2/c1-16(2,3)20-15(19)18-10-9-13(17)11-14(18)12-7-5-4-6-8-12/h4-8,13-14H,9-11,17H2,1-3H3/t13-,14-/m1/s1. The zero-order chi connectivity index (χ0) is 14.8. The van der Waals surface area contributed by atoms with Crippen LogP contribution in [0.5, 0.6) is 0 Å². The molecule has 1 aliphatic heterocycles. The van der Waals surface area contributed by atoms with Gasteiger partial charge in [0.05, 0.1) is 6.04 Å². The molecule has 2 rings (SSSR count). The van der Waals surface area contributed by atoms with Gasteiger partial charge in [-0.15, -0.1) is 0 Å². The zero-order valence-electron chi connectivity index (χ0n) is 12.5. The van der Waals surface area contributed by atoms with E-state index in [-0.39, 0.29) is 18.2 Å². The Bertz CT molecular complexity index is 453. The van der Waals surface area contributed by atoms with Crippen LogP contribution in [0.3, 0.4) is 0 Å². The van der Waals surface area contributed by atoms with E-state index < -0.39 is 5.60 Å². The van der Waals surface area contributed by atoms with Crippen LogP contribution in [0.25, 0.3) is 0 Å². The van der Waals surface area contributed by atoms with Crippen molar-refractivity contribution in [3.8, 4) is 0 Å². The van der Waals surface area contributed by atoms with E-state index in [0.29, 0.717) is 6.54 Å². The van der Waals surface area contributed by atoms with Crippen molar-refractivity contribution in [3.63, 3.8) is 0 Å². The maximum absolute atomic E-state index is 12.4. The second kappa shape index (κ2) is 5.83. The molecule has 1 heterocycles. The third-order valence-corrected chi connectivity index (χ3v) is 3.46. The summed E-state index contributed by atoms with van der Waals surface area (Å²) in [6.45, 7) is 6.31. The largest absolute Gasteiger partial charge is 0.444 e. The first-order valence-corrected chi connectivity index (χ1v) is 7.17. The molecule has 4 heteroatoms. The minimum Gasteiger partial charge on any atom is -0.444 e. The van der Waals surface area contributed by atoms with E-state index in [1.54, 1.807) is 0 Å². The molecule has 0 unspecified atom stereocenters. The number of ether oxygens (including phenoxy) is 1. The van der Waals surface area contributed by atoms with Crippen LogP contribution >= 0.6 is 0 Å². The van der Waals surface area contributed by atoms with Gasteiger partial charge in [0.1, 0.15) is 5.60 Å². The first-order chi connectivity index (χ1) is 9.37. The molecule has 1 amide bonds. The van der Waals surface area contributed by atoms with Crippen molar-refractivity contribution in [3.05, 3.63) is 35.9 Å². The van der Waals surface area contributed by atoms with E-state index in [1.807, 2.05) is 56.0 Å². The van der Waals surface area contributed by atoms with Crippen LogP contribution in [0.2, 0.25) is 0 Å². The van der Waals surface area contributed by atoms with Gasteiger partial charge in [0.2, 0.25) is 0 Å². The molecule has 1 fully saturated rings. The number of carbonyl (C=O) groups excluding carboxylic acids is 1. The van der Waals surface area contributed by atoms with Gasteiger partial charge in [-0.05, 0) is 39.2 Å². The smallest absolute Gasteiger partial charge is 0.410 e. The number of hydrogen-bond donors (Lipinski definition) is 1. The first-order valence-electron chi connectivity index (χ1n) is 7.17. The highest BCUT2D eigenvalue weighted by atomic mass is 16.6. The molecule has 0 spiro atoms. The molecule has 0 aliphatic carbocycles. The Morgan fingerprint density at radius 1 is 1.30 bits per heavy atom. The third kappa shape index (κ3) is 3.73. The molecule has 110 valence electrons. The fourth-order valence-corrected chi connectivity index (χ4v) is 2.52. The Morgan fingerprint density at radius 2 is 1.95 bits per heavy atom. The number of likely N-dealkylation sites (tertiary alicyclic amines) is 1. The quantitative estimate of drug-likeness (QED) is 0.857. The van der Waals surface area contributed by atoms with E-state index in [4.69, 9.17) is 10.5 Å². The highest BCUT2D eigenvalue weighted by Crippen LogP contribution is 2.31. The van der Waals surface area contributed by atoms with E-state index in [9.17, 15) is 4.79 Å². The second-order valence-corrected chi connectivity index (χ2v) is 6.38. The Labute approximate surface area is 120 Å². The number of amides is 1. The number of rotatable bonds is 1. The highest BCUT2D eigenvalue weighted by molar-refractivity contribution is 5.69. The maximum atomic E-state index is 12.4. The van der Waals surface area contributed by atoms with E-state index >= 15 is 0 Å². The summed E-state index contributed by atoms with van der Waals surface area (Å²) >= 11 is 0. The summed E-state index contributed by atoms with van der Waals surface area (Å²) in [7, 11) is 0. The van der Waals surface area contributed by atoms with Crippen LogP contribution in [-0.2, 0) is 4.74 Å². The Balaban J connectivity index is 2.19. The summed E-state index contributed by atoms with van der Waals surface area (Å²) in [5.74, 6) is 0. The van der Waals surface area contributed by atoms with E-state index in [1.165, 1.54) is 0 Å². The summed E-state index contributed by atoms with van der Waals surface area (Å²) < 4.78 is 5.51. The van der Waals surface area contributed by atoms with Crippen LogP contribution in [0.15, 0.2) is 30.3 Å². The van der Waals surface area contributed by atoms with Crippen molar-refractivity contribution >= 4 is 6.09 Å². The van der Waals surface area contributed by atoms with Crippen LogP contribution in [0.4, 0.5) is 4.79 Å². The average molecular weight is 276 g/mol. The number of nitrogens with two attached hydrogens (primary N) is 1. The summed E-state index contributed by atoms with van der Waals surface area (Å²) in [6, 6.07) is 10.2. The summed E-state index contributed by atoms with van der Waals surface area (Å²) in [5.41, 5.74) is 6.72. The lowest BCUT2D eigenvalue weighted by Gasteiger charge is -2.39. The number of piperidine rings is 1. The molecule has 0 radical (unpaired) electrons. The molecule has 0 bridgehead atoms. The summed E-state index contributed by atoms with van der Waals surface area (Å²) in [6.07, 6.45) is 1.35. The lowest BCUT2D eigenvalue weighted by molar-refractivity contribution is 0.00797. The van der Waals surface area contributed by atoms with Gasteiger partial charge < -0.3 is 15.4 Å². The lowest BCUT2D eigenvalue weighted by atomic mass is 9.92. The number of benzene rings is 1. The molecule has 20 heavy (non-hydrogen) atoms. The second-order valence-electron chi connectivity index (χ2n) is 6.38. The lowest BCUT2D eigenvalue weighted by Crippen LogP contribution is -2.46. The zero-order valence-corrected chi connectivity index (χ0v) is 12.5. The first kappa shape index (κ1) is 14.9. The molecule has 4 nitrogen and oxygen atoms in total. The molecule has 0 saturated carbocycles. The van der Waals surface area contributed by atoms with Crippen LogP contribution < -0.4 is 5.73 Å². The Hall–Kier alpha value is -1.55. The van der Waals surface area contributed by atoms with Crippen molar-refractivity contribution in [1.29, 1.82) is 0 Å². The number of hydrogen-bond acceptors (Lipinski definition) is 3. The molecular weight excluding hydrogens is 252 g/mol. The van der Waals surface area contributed by atoms with E-state index in [0.717, 1.165) is 18.4 Å². The fourth-order valence-electron chi connectivity index (χ4n) is 2.52.